The summed E-state index contributed by atoms with van der Waals surface area (Å²) in [5.41, 5.74) is 5.43. The van der Waals surface area contributed by atoms with Crippen LogP contribution in [-0.4, -0.2) is 18.0 Å². The Bertz CT molecular complexity index is 271. The van der Waals surface area contributed by atoms with Crippen molar-refractivity contribution in [2.75, 3.05) is 6.54 Å². The summed E-state index contributed by atoms with van der Waals surface area (Å²) in [4.78, 5) is 11.9. The molecular formula is C13H24N2O. The second-order valence-corrected chi connectivity index (χ2v) is 6.05. The minimum atomic E-state index is -0.635. The largest absolute Gasteiger partial charge is 0.354 e. The van der Waals surface area contributed by atoms with Crippen molar-refractivity contribution in [2.45, 2.75) is 51.5 Å². The van der Waals surface area contributed by atoms with Crippen molar-refractivity contribution in [2.24, 2.45) is 23.5 Å². The Morgan fingerprint density at radius 1 is 1.38 bits per heavy atom. The van der Waals surface area contributed by atoms with Gasteiger partial charge in [0.25, 0.3) is 0 Å². The summed E-state index contributed by atoms with van der Waals surface area (Å²) in [6, 6.07) is 0. The lowest BCUT2D eigenvalue weighted by molar-refractivity contribution is -0.126. The highest BCUT2D eigenvalue weighted by Gasteiger charge is 2.44. The normalized spacial score (nSPS) is 33.4. The lowest BCUT2D eigenvalue weighted by atomic mass is 9.96. The SMILES string of the molecule is CC1CCC(CNC(=O)C(C)(N)C2CC2)C1. The molecule has 0 saturated heterocycles. The number of carbonyl (C=O) groups is 1. The zero-order valence-corrected chi connectivity index (χ0v) is 10.5. The highest BCUT2D eigenvalue weighted by atomic mass is 16.2. The van der Waals surface area contributed by atoms with Crippen LogP contribution in [0.3, 0.4) is 0 Å². The number of amides is 1. The summed E-state index contributed by atoms with van der Waals surface area (Å²) >= 11 is 0. The first-order valence-corrected chi connectivity index (χ1v) is 6.57. The van der Waals surface area contributed by atoms with E-state index in [9.17, 15) is 4.79 Å². The van der Waals surface area contributed by atoms with Crippen molar-refractivity contribution in [3.63, 3.8) is 0 Å². The molecule has 0 spiro atoms. The molecule has 2 saturated carbocycles. The highest BCUT2D eigenvalue weighted by Crippen LogP contribution is 2.38. The molecule has 92 valence electrons. The van der Waals surface area contributed by atoms with Gasteiger partial charge in [0.2, 0.25) is 5.91 Å². The van der Waals surface area contributed by atoms with Crippen LogP contribution in [0.15, 0.2) is 0 Å². The molecule has 0 heterocycles. The predicted octanol–water partition coefficient (Wildman–Crippen LogP) is 1.67. The van der Waals surface area contributed by atoms with Gasteiger partial charge in [0.15, 0.2) is 0 Å². The highest BCUT2D eigenvalue weighted by molar-refractivity contribution is 5.86. The van der Waals surface area contributed by atoms with Crippen LogP contribution in [0.25, 0.3) is 0 Å². The molecule has 3 nitrogen and oxygen atoms in total. The molecule has 3 heteroatoms. The molecule has 0 aliphatic heterocycles. The first kappa shape index (κ1) is 11.9. The number of hydrogen-bond donors (Lipinski definition) is 2. The van der Waals surface area contributed by atoms with E-state index in [0.29, 0.717) is 11.8 Å². The van der Waals surface area contributed by atoms with E-state index in [1.54, 1.807) is 0 Å². The van der Waals surface area contributed by atoms with Crippen molar-refractivity contribution in [3.8, 4) is 0 Å². The summed E-state index contributed by atoms with van der Waals surface area (Å²) in [5, 5.41) is 3.04. The van der Waals surface area contributed by atoms with Gasteiger partial charge in [-0.2, -0.15) is 0 Å². The Labute approximate surface area is 98.2 Å². The molecule has 0 aromatic heterocycles. The molecule has 0 bridgehead atoms. The van der Waals surface area contributed by atoms with E-state index in [1.807, 2.05) is 6.92 Å². The van der Waals surface area contributed by atoms with Gasteiger partial charge < -0.3 is 11.1 Å². The van der Waals surface area contributed by atoms with Crippen LogP contribution >= 0.6 is 0 Å². The second kappa shape index (κ2) is 4.36. The van der Waals surface area contributed by atoms with Crippen LogP contribution < -0.4 is 11.1 Å². The molecule has 2 aliphatic carbocycles. The third-order valence-corrected chi connectivity index (χ3v) is 4.27. The number of nitrogens with one attached hydrogen (secondary N) is 1. The molecule has 3 N–H and O–H groups in total. The smallest absolute Gasteiger partial charge is 0.240 e. The summed E-state index contributed by atoms with van der Waals surface area (Å²) < 4.78 is 0. The molecule has 3 atom stereocenters. The predicted molar refractivity (Wildman–Crippen MR) is 64.8 cm³/mol. The van der Waals surface area contributed by atoms with E-state index >= 15 is 0 Å². The molecule has 3 unspecified atom stereocenters. The summed E-state index contributed by atoms with van der Waals surface area (Å²) in [5.74, 6) is 1.97. The maximum Gasteiger partial charge on any atom is 0.240 e. The second-order valence-electron chi connectivity index (χ2n) is 6.05. The summed E-state index contributed by atoms with van der Waals surface area (Å²) in [7, 11) is 0. The quantitative estimate of drug-likeness (QED) is 0.763. The summed E-state index contributed by atoms with van der Waals surface area (Å²) in [6.45, 7) is 4.99. The minimum Gasteiger partial charge on any atom is -0.354 e. The van der Waals surface area contributed by atoms with Gasteiger partial charge in [-0.3, -0.25) is 4.79 Å². The molecule has 0 aromatic rings. The van der Waals surface area contributed by atoms with Gasteiger partial charge in [-0.15, -0.1) is 0 Å². The van der Waals surface area contributed by atoms with Gasteiger partial charge in [-0.25, -0.2) is 0 Å². The molecule has 0 aromatic carbocycles. The molecule has 2 aliphatic rings. The fourth-order valence-corrected chi connectivity index (χ4v) is 2.81. The van der Waals surface area contributed by atoms with Gasteiger partial charge in [0, 0.05) is 6.54 Å². The number of rotatable bonds is 4. The van der Waals surface area contributed by atoms with Gasteiger partial charge >= 0.3 is 0 Å². The Hall–Kier alpha value is -0.570. The fourth-order valence-electron chi connectivity index (χ4n) is 2.81. The number of hydrogen-bond acceptors (Lipinski definition) is 2. The maximum atomic E-state index is 11.9. The first-order chi connectivity index (χ1) is 7.50. The average molecular weight is 224 g/mol. The van der Waals surface area contributed by atoms with E-state index in [0.717, 1.165) is 25.3 Å². The molecule has 0 radical (unpaired) electrons. The Kier molecular flexibility index (Phi) is 3.24. The Morgan fingerprint density at radius 2 is 2.06 bits per heavy atom. The van der Waals surface area contributed by atoms with Crippen LogP contribution in [0.2, 0.25) is 0 Å². The topological polar surface area (TPSA) is 55.1 Å². The lowest BCUT2D eigenvalue weighted by Crippen LogP contribution is -2.54. The van der Waals surface area contributed by atoms with Gasteiger partial charge in [-0.1, -0.05) is 13.3 Å². The average Bonchev–Trinajstić information content (AvgIpc) is 3.00. The Balaban J connectivity index is 1.75. The Morgan fingerprint density at radius 3 is 2.56 bits per heavy atom. The van der Waals surface area contributed by atoms with Crippen molar-refractivity contribution < 1.29 is 4.79 Å². The van der Waals surface area contributed by atoms with Crippen LogP contribution in [0.1, 0.15) is 46.0 Å². The van der Waals surface area contributed by atoms with Crippen LogP contribution in [0.5, 0.6) is 0 Å². The zero-order chi connectivity index (χ0) is 11.8. The van der Waals surface area contributed by atoms with Crippen LogP contribution in [0, 0.1) is 17.8 Å². The van der Waals surface area contributed by atoms with Crippen molar-refractivity contribution in [3.05, 3.63) is 0 Å². The third kappa shape index (κ3) is 2.57. The van der Waals surface area contributed by atoms with E-state index < -0.39 is 5.54 Å². The van der Waals surface area contributed by atoms with E-state index in [2.05, 4.69) is 12.2 Å². The van der Waals surface area contributed by atoms with Gasteiger partial charge in [-0.05, 0) is 50.4 Å². The van der Waals surface area contributed by atoms with Gasteiger partial charge in [0.05, 0.1) is 5.54 Å². The minimum absolute atomic E-state index is 0.0505. The number of nitrogens with two attached hydrogens (primary N) is 1. The van der Waals surface area contributed by atoms with Crippen molar-refractivity contribution in [1.29, 1.82) is 0 Å². The standard InChI is InChI=1S/C13H24N2O/c1-9-3-4-10(7-9)8-15-12(16)13(2,14)11-5-6-11/h9-11H,3-8,14H2,1-2H3,(H,15,16). The van der Waals surface area contributed by atoms with Crippen LogP contribution in [-0.2, 0) is 4.79 Å². The lowest BCUT2D eigenvalue weighted by Gasteiger charge is -2.24. The first-order valence-electron chi connectivity index (χ1n) is 6.57. The summed E-state index contributed by atoms with van der Waals surface area (Å²) in [6.07, 6.45) is 6.04. The van der Waals surface area contributed by atoms with Crippen LogP contribution in [0.4, 0.5) is 0 Å². The van der Waals surface area contributed by atoms with E-state index in [1.165, 1.54) is 19.3 Å². The zero-order valence-electron chi connectivity index (χ0n) is 10.5. The van der Waals surface area contributed by atoms with E-state index in [-0.39, 0.29) is 5.91 Å². The van der Waals surface area contributed by atoms with Crippen molar-refractivity contribution in [1.82, 2.24) is 5.32 Å². The number of carbonyl (C=O) groups excluding carboxylic acids is 1. The van der Waals surface area contributed by atoms with Crippen molar-refractivity contribution >= 4 is 5.91 Å². The molecule has 2 rings (SSSR count). The molecular weight excluding hydrogens is 200 g/mol. The third-order valence-electron chi connectivity index (χ3n) is 4.27. The van der Waals surface area contributed by atoms with E-state index in [4.69, 9.17) is 5.73 Å². The maximum absolute atomic E-state index is 11.9. The molecule has 16 heavy (non-hydrogen) atoms. The molecule has 2 fully saturated rings. The fraction of sp³-hybridized carbons (Fsp3) is 0.923. The monoisotopic (exact) mass is 224 g/mol. The molecule has 1 amide bonds. The van der Waals surface area contributed by atoms with Gasteiger partial charge in [0.1, 0.15) is 0 Å².